The molecule has 4 aromatic rings. The van der Waals surface area contributed by atoms with E-state index in [0.29, 0.717) is 48.4 Å². The number of esters is 1. The number of hydrogen-bond acceptors (Lipinski definition) is 9. The lowest BCUT2D eigenvalue weighted by molar-refractivity contribution is -0.137. The lowest BCUT2D eigenvalue weighted by atomic mass is 10.2. The van der Waals surface area contributed by atoms with Gasteiger partial charge in [0, 0.05) is 49.3 Å². The maximum atomic E-state index is 11.4. The van der Waals surface area contributed by atoms with Crippen LogP contribution in [0.4, 0.5) is 0 Å². The van der Waals surface area contributed by atoms with Crippen molar-refractivity contribution in [1.82, 2.24) is 19.6 Å². The fourth-order valence-corrected chi connectivity index (χ4v) is 3.56. The molecule has 0 radical (unpaired) electrons. The molecule has 0 saturated heterocycles. The molecule has 41 heavy (non-hydrogen) atoms. The van der Waals surface area contributed by atoms with E-state index in [1.54, 1.807) is 73.2 Å². The van der Waals surface area contributed by atoms with E-state index in [9.17, 15) is 9.59 Å². The van der Waals surface area contributed by atoms with E-state index < -0.39 is 0 Å². The molecule has 0 fully saturated rings. The van der Waals surface area contributed by atoms with Gasteiger partial charge in [-0.3, -0.25) is 14.2 Å². The Hall–Kier alpha value is -5.06. The summed E-state index contributed by atoms with van der Waals surface area (Å²) in [6.45, 7) is 2.89. The van der Waals surface area contributed by atoms with Crippen LogP contribution in [-0.4, -0.2) is 52.6 Å². The third kappa shape index (κ3) is 9.57. The van der Waals surface area contributed by atoms with Crippen LogP contribution < -0.4 is 18.9 Å². The normalized spacial score (nSPS) is 10.5. The predicted octanol–water partition coefficient (Wildman–Crippen LogP) is 4.40. The second-order valence-corrected chi connectivity index (χ2v) is 8.65. The Balaban J connectivity index is 0.000000232. The van der Waals surface area contributed by atoms with Crippen LogP contribution >= 0.6 is 0 Å². The molecule has 0 aliphatic carbocycles. The van der Waals surface area contributed by atoms with Gasteiger partial charge in [-0.05, 0) is 48.9 Å². The number of carbonyl (C=O) groups is 2. The van der Waals surface area contributed by atoms with E-state index >= 15 is 0 Å². The molecule has 2 aromatic carbocycles. The smallest absolute Gasteiger partial charge is 0.330 e. The second-order valence-electron chi connectivity index (χ2n) is 8.65. The SMILES string of the molecule is CCOC(=O)/C=C/c1ccc(OC)c(OCc2cnn(C)c2)c1.COc1ccc(C=O)cc1OCc1cnn(C)c1. The standard InChI is InChI=1S/C17H20N2O4.C13H14N2O3/c1-4-22-17(20)8-6-13-5-7-15(21-3)16(9-13)23-12-14-10-18-19(2)11-14;1-15-7-11(6-14-15)9-18-13-5-10(8-16)3-4-12(13)17-2/h5-11H,4,12H2,1-3H3;3-8H,9H2,1-2H3/b8-6+;. The number of methoxy groups -OCH3 is 2. The van der Waals surface area contributed by atoms with Gasteiger partial charge < -0.3 is 23.7 Å². The third-order valence-electron chi connectivity index (χ3n) is 5.52. The zero-order chi connectivity index (χ0) is 29.6. The van der Waals surface area contributed by atoms with Crippen LogP contribution in [0.15, 0.2) is 67.3 Å². The van der Waals surface area contributed by atoms with E-state index in [1.165, 1.54) is 6.08 Å². The van der Waals surface area contributed by atoms with Gasteiger partial charge >= 0.3 is 5.97 Å². The van der Waals surface area contributed by atoms with Crippen molar-refractivity contribution in [2.24, 2.45) is 14.1 Å². The minimum atomic E-state index is -0.374. The van der Waals surface area contributed by atoms with E-state index in [1.807, 2.05) is 38.6 Å². The Morgan fingerprint density at radius 3 is 1.76 bits per heavy atom. The predicted molar refractivity (Wildman–Crippen MR) is 152 cm³/mol. The van der Waals surface area contributed by atoms with Gasteiger partial charge in [0.25, 0.3) is 0 Å². The lowest BCUT2D eigenvalue weighted by Gasteiger charge is -2.10. The van der Waals surface area contributed by atoms with Crippen LogP contribution in [0.3, 0.4) is 0 Å². The molecule has 11 heteroatoms. The quantitative estimate of drug-likeness (QED) is 0.141. The maximum Gasteiger partial charge on any atom is 0.330 e. The van der Waals surface area contributed by atoms with Gasteiger partial charge in [0.1, 0.15) is 19.5 Å². The van der Waals surface area contributed by atoms with Crippen molar-refractivity contribution in [3.05, 3.63) is 89.5 Å². The Labute approximate surface area is 238 Å². The van der Waals surface area contributed by atoms with E-state index in [2.05, 4.69) is 10.2 Å². The van der Waals surface area contributed by atoms with Crippen molar-refractivity contribution in [2.75, 3.05) is 20.8 Å². The second kappa shape index (κ2) is 15.5. The molecular weight excluding hydrogens is 528 g/mol. The van der Waals surface area contributed by atoms with Gasteiger partial charge in [-0.1, -0.05) is 6.07 Å². The molecular formula is C30H34N4O7. The van der Waals surface area contributed by atoms with Crippen molar-refractivity contribution >= 4 is 18.3 Å². The first-order valence-corrected chi connectivity index (χ1v) is 12.7. The number of carbonyl (C=O) groups excluding carboxylic acids is 2. The highest BCUT2D eigenvalue weighted by atomic mass is 16.5. The van der Waals surface area contributed by atoms with E-state index in [-0.39, 0.29) is 5.97 Å². The van der Waals surface area contributed by atoms with Gasteiger partial charge in [-0.2, -0.15) is 10.2 Å². The molecule has 0 N–H and O–H groups in total. The molecule has 0 amide bonds. The summed E-state index contributed by atoms with van der Waals surface area (Å²) in [5.41, 5.74) is 3.29. The molecule has 4 rings (SSSR count). The van der Waals surface area contributed by atoms with Crippen LogP contribution in [0.2, 0.25) is 0 Å². The maximum absolute atomic E-state index is 11.4. The van der Waals surface area contributed by atoms with Crippen molar-refractivity contribution in [3.63, 3.8) is 0 Å². The average Bonchev–Trinajstić information content (AvgIpc) is 3.61. The summed E-state index contributed by atoms with van der Waals surface area (Å²) in [6.07, 6.45) is 11.1. The summed E-state index contributed by atoms with van der Waals surface area (Å²) < 4.78 is 30.2. The lowest BCUT2D eigenvalue weighted by Crippen LogP contribution is -1.99. The van der Waals surface area contributed by atoms with E-state index in [0.717, 1.165) is 23.0 Å². The van der Waals surface area contributed by atoms with Crippen molar-refractivity contribution < 1.29 is 33.3 Å². The Morgan fingerprint density at radius 2 is 1.32 bits per heavy atom. The fraction of sp³-hybridized carbons (Fsp3) is 0.267. The Morgan fingerprint density at radius 1 is 0.805 bits per heavy atom. The summed E-state index contributed by atoms with van der Waals surface area (Å²) in [5, 5.41) is 8.15. The topological polar surface area (TPSA) is 116 Å². The highest BCUT2D eigenvalue weighted by Crippen LogP contribution is 2.30. The number of aldehydes is 1. The molecule has 0 unspecified atom stereocenters. The Bertz CT molecular complexity index is 1460. The summed E-state index contributed by atoms with van der Waals surface area (Å²) >= 11 is 0. The van der Waals surface area contributed by atoms with Gasteiger partial charge in [-0.15, -0.1) is 0 Å². The first-order valence-electron chi connectivity index (χ1n) is 12.7. The fourth-order valence-electron chi connectivity index (χ4n) is 3.56. The van der Waals surface area contributed by atoms with Crippen molar-refractivity contribution in [3.8, 4) is 23.0 Å². The third-order valence-corrected chi connectivity index (χ3v) is 5.52. The number of nitrogens with zero attached hydrogens (tertiary/aromatic N) is 4. The van der Waals surface area contributed by atoms with Crippen LogP contribution in [0.25, 0.3) is 6.08 Å². The zero-order valence-electron chi connectivity index (χ0n) is 23.8. The molecule has 0 aliphatic heterocycles. The molecule has 0 bridgehead atoms. The number of ether oxygens (including phenoxy) is 5. The zero-order valence-corrected chi connectivity index (χ0v) is 23.8. The molecule has 216 valence electrons. The highest BCUT2D eigenvalue weighted by molar-refractivity contribution is 5.87. The number of hydrogen-bond donors (Lipinski definition) is 0. The summed E-state index contributed by atoms with van der Waals surface area (Å²) in [5.74, 6) is 2.00. The largest absolute Gasteiger partial charge is 0.493 e. The van der Waals surface area contributed by atoms with Gasteiger partial charge in [0.2, 0.25) is 0 Å². The molecule has 0 saturated carbocycles. The molecule has 0 aliphatic rings. The highest BCUT2D eigenvalue weighted by Gasteiger charge is 2.08. The average molecular weight is 563 g/mol. The van der Waals surface area contributed by atoms with Crippen molar-refractivity contribution in [2.45, 2.75) is 20.1 Å². The number of benzene rings is 2. The first kappa shape index (κ1) is 30.5. The number of rotatable bonds is 12. The van der Waals surface area contributed by atoms with E-state index in [4.69, 9.17) is 23.7 Å². The summed E-state index contributed by atoms with van der Waals surface area (Å²) in [6, 6.07) is 10.5. The van der Waals surface area contributed by atoms with Gasteiger partial charge in [0.15, 0.2) is 23.0 Å². The molecule has 0 spiro atoms. The Kier molecular flexibility index (Phi) is 11.5. The summed E-state index contributed by atoms with van der Waals surface area (Å²) in [7, 11) is 6.84. The first-order chi connectivity index (χ1) is 19.8. The monoisotopic (exact) mass is 562 g/mol. The molecule has 11 nitrogen and oxygen atoms in total. The minimum Gasteiger partial charge on any atom is -0.493 e. The summed E-state index contributed by atoms with van der Waals surface area (Å²) in [4.78, 5) is 22.1. The molecule has 2 heterocycles. The minimum absolute atomic E-state index is 0.352. The van der Waals surface area contributed by atoms with Gasteiger partial charge in [0.05, 0.1) is 33.2 Å². The van der Waals surface area contributed by atoms with Crippen molar-refractivity contribution in [1.29, 1.82) is 0 Å². The molecule has 2 aromatic heterocycles. The van der Waals surface area contributed by atoms with Crippen LogP contribution in [0, 0.1) is 0 Å². The number of aromatic nitrogens is 4. The van der Waals surface area contributed by atoms with Crippen LogP contribution in [0.1, 0.15) is 34.0 Å². The van der Waals surface area contributed by atoms with Crippen LogP contribution in [0.5, 0.6) is 23.0 Å². The molecule has 0 atom stereocenters. The number of aryl methyl sites for hydroxylation is 2. The van der Waals surface area contributed by atoms with Gasteiger partial charge in [-0.25, -0.2) is 4.79 Å². The van der Waals surface area contributed by atoms with Crippen LogP contribution in [-0.2, 0) is 36.8 Å².